The van der Waals surface area contributed by atoms with Crippen LogP contribution in [0.25, 0.3) is 11.5 Å². The summed E-state index contributed by atoms with van der Waals surface area (Å²) < 4.78 is 30.3. The van der Waals surface area contributed by atoms with Crippen molar-refractivity contribution in [3.63, 3.8) is 0 Å². The van der Waals surface area contributed by atoms with E-state index in [4.69, 9.17) is 4.42 Å². The maximum absolute atomic E-state index is 12.4. The minimum absolute atomic E-state index is 0.0868. The van der Waals surface area contributed by atoms with Gasteiger partial charge in [0.2, 0.25) is 5.89 Å². The third-order valence-corrected chi connectivity index (χ3v) is 4.70. The van der Waals surface area contributed by atoms with Gasteiger partial charge in [-0.25, -0.2) is 8.42 Å². The quantitative estimate of drug-likeness (QED) is 0.723. The molecule has 1 amide bonds. The first kappa shape index (κ1) is 17.8. The van der Waals surface area contributed by atoms with Gasteiger partial charge in [0.25, 0.3) is 5.91 Å². The van der Waals surface area contributed by atoms with Gasteiger partial charge in [0.05, 0.1) is 10.6 Å². The van der Waals surface area contributed by atoms with Crippen LogP contribution in [0.2, 0.25) is 0 Å². The van der Waals surface area contributed by atoms with E-state index in [1.54, 1.807) is 29.8 Å². The van der Waals surface area contributed by atoms with Gasteiger partial charge >= 0.3 is 6.01 Å². The second-order valence-corrected chi connectivity index (χ2v) is 7.67. The van der Waals surface area contributed by atoms with E-state index in [1.807, 2.05) is 6.92 Å². The third kappa shape index (κ3) is 3.64. The zero-order chi connectivity index (χ0) is 18.9. The highest BCUT2D eigenvalue weighted by molar-refractivity contribution is 7.90. The number of carbonyl (C=O) groups excluding carboxylic acids is 1. The number of rotatable bonds is 5. The van der Waals surface area contributed by atoms with E-state index in [9.17, 15) is 13.2 Å². The van der Waals surface area contributed by atoms with E-state index in [-0.39, 0.29) is 16.8 Å². The summed E-state index contributed by atoms with van der Waals surface area (Å²) in [7, 11) is -3.36. The van der Waals surface area contributed by atoms with Crippen LogP contribution in [0.3, 0.4) is 0 Å². The summed E-state index contributed by atoms with van der Waals surface area (Å²) in [6.45, 7) is 4.22. The van der Waals surface area contributed by atoms with Crippen molar-refractivity contribution in [2.24, 2.45) is 0 Å². The molecule has 0 aliphatic rings. The van der Waals surface area contributed by atoms with Crippen LogP contribution in [0.5, 0.6) is 0 Å². The van der Waals surface area contributed by atoms with Gasteiger partial charge in [0, 0.05) is 18.4 Å². The number of aryl methyl sites for hydroxylation is 2. The van der Waals surface area contributed by atoms with Gasteiger partial charge in [-0.15, -0.1) is 5.10 Å². The Morgan fingerprint density at radius 1 is 1.27 bits per heavy atom. The fourth-order valence-electron chi connectivity index (χ4n) is 2.38. The maximum atomic E-state index is 12.4. The summed E-state index contributed by atoms with van der Waals surface area (Å²) in [6, 6.07) is 7.71. The molecule has 0 aliphatic carbocycles. The van der Waals surface area contributed by atoms with Crippen molar-refractivity contribution in [1.82, 2.24) is 20.0 Å². The van der Waals surface area contributed by atoms with Crippen LogP contribution in [-0.4, -0.2) is 40.6 Å². The van der Waals surface area contributed by atoms with E-state index in [0.717, 1.165) is 11.9 Å². The second kappa shape index (κ2) is 6.71. The lowest BCUT2D eigenvalue weighted by Crippen LogP contribution is -2.17. The first-order valence-electron chi connectivity index (χ1n) is 7.77. The summed E-state index contributed by atoms with van der Waals surface area (Å²) in [5, 5.41) is 14.4. The topological polar surface area (TPSA) is 120 Å². The molecule has 0 saturated carbocycles. The highest BCUT2D eigenvalue weighted by Crippen LogP contribution is 2.23. The standard InChI is InChI=1S/C16H17N5O4S/c1-4-21-13(8-10(2)20-21)14(22)17-16-19-18-15(25-16)11-6-5-7-12(9-11)26(3,23)24/h5-9H,4H2,1-3H3,(H,17,19,22). The number of hydrogen-bond donors (Lipinski definition) is 1. The van der Waals surface area contributed by atoms with Crippen LogP contribution in [0.1, 0.15) is 23.1 Å². The van der Waals surface area contributed by atoms with E-state index in [1.165, 1.54) is 12.1 Å². The van der Waals surface area contributed by atoms with Gasteiger partial charge in [-0.05, 0) is 38.1 Å². The van der Waals surface area contributed by atoms with E-state index >= 15 is 0 Å². The van der Waals surface area contributed by atoms with Crippen LogP contribution in [0.4, 0.5) is 6.01 Å². The number of benzene rings is 1. The van der Waals surface area contributed by atoms with E-state index in [0.29, 0.717) is 17.8 Å². The number of anilines is 1. The zero-order valence-corrected chi connectivity index (χ0v) is 15.2. The molecule has 2 heterocycles. The largest absolute Gasteiger partial charge is 0.403 e. The molecule has 1 aromatic carbocycles. The smallest absolute Gasteiger partial charge is 0.322 e. The molecule has 2 aromatic heterocycles. The van der Waals surface area contributed by atoms with Crippen LogP contribution < -0.4 is 5.32 Å². The van der Waals surface area contributed by atoms with Crippen LogP contribution >= 0.6 is 0 Å². The SMILES string of the molecule is CCn1nc(C)cc1C(=O)Nc1nnc(-c2cccc(S(C)(=O)=O)c2)o1. The molecule has 1 N–H and O–H groups in total. The Labute approximate surface area is 150 Å². The molecule has 0 radical (unpaired) electrons. The minimum atomic E-state index is -3.36. The number of nitrogens with one attached hydrogen (secondary N) is 1. The van der Waals surface area contributed by atoms with Crippen molar-refractivity contribution in [1.29, 1.82) is 0 Å². The molecular weight excluding hydrogens is 358 g/mol. The summed E-state index contributed by atoms with van der Waals surface area (Å²) in [5.41, 5.74) is 1.54. The Morgan fingerprint density at radius 2 is 2.04 bits per heavy atom. The minimum Gasteiger partial charge on any atom is -0.403 e. The van der Waals surface area contributed by atoms with Crippen molar-refractivity contribution in [2.45, 2.75) is 25.3 Å². The summed E-state index contributed by atoms with van der Waals surface area (Å²) in [4.78, 5) is 12.5. The first-order chi connectivity index (χ1) is 12.3. The highest BCUT2D eigenvalue weighted by Gasteiger charge is 2.17. The predicted molar refractivity (Wildman–Crippen MR) is 93.4 cm³/mol. The Hall–Kier alpha value is -3.01. The van der Waals surface area contributed by atoms with Crippen molar-refractivity contribution in [3.05, 3.63) is 41.7 Å². The molecule has 136 valence electrons. The van der Waals surface area contributed by atoms with Crippen molar-refractivity contribution < 1.29 is 17.6 Å². The molecular formula is C16H17N5O4S. The Kier molecular flexibility index (Phi) is 4.60. The predicted octanol–water partition coefficient (Wildman–Crippen LogP) is 1.92. The third-order valence-electron chi connectivity index (χ3n) is 3.59. The average molecular weight is 375 g/mol. The molecule has 0 saturated heterocycles. The number of hydrogen-bond acceptors (Lipinski definition) is 7. The molecule has 0 bridgehead atoms. The number of carbonyl (C=O) groups is 1. The normalized spacial score (nSPS) is 11.5. The van der Waals surface area contributed by atoms with Crippen molar-refractivity contribution in [3.8, 4) is 11.5 Å². The molecule has 0 fully saturated rings. The maximum Gasteiger partial charge on any atom is 0.322 e. The molecule has 10 heteroatoms. The number of nitrogens with zero attached hydrogens (tertiary/aromatic N) is 4. The van der Waals surface area contributed by atoms with Gasteiger partial charge in [-0.3, -0.25) is 14.8 Å². The first-order valence-corrected chi connectivity index (χ1v) is 9.67. The molecule has 0 atom stereocenters. The second-order valence-electron chi connectivity index (χ2n) is 5.65. The summed E-state index contributed by atoms with van der Waals surface area (Å²) in [6.07, 6.45) is 1.12. The Balaban J connectivity index is 1.83. The molecule has 9 nitrogen and oxygen atoms in total. The van der Waals surface area contributed by atoms with E-state index < -0.39 is 15.7 Å². The van der Waals surface area contributed by atoms with Gasteiger partial charge in [-0.2, -0.15) is 5.10 Å². The van der Waals surface area contributed by atoms with E-state index in [2.05, 4.69) is 20.6 Å². The van der Waals surface area contributed by atoms with Gasteiger partial charge in [0.15, 0.2) is 9.84 Å². The zero-order valence-electron chi connectivity index (χ0n) is 14.4. The molecule has 26 heavy (non-hydrogen) atoms. The number of sulfone groups is 1. The van der Waals surface area contributed by atoms with Gasteiger partial charge in [0.1, 0.15) is 5.69 Å². The molecule has 0 aliphatic heterocycles. The fourth-order valence-corrected chi connectivity index (χ4v) is 3.05. The lowest BCUT2D eigenvalue weighted by molar-refractivity contribution is 0.101. The molecule has 3 aromatic rings. The molecule has 0 unspecified atom stereocenters. The molecule has 0 spiro atoms. The lowest BCUT2D eigenvalue weighted by Gasteiger charge is -2.03. The van der Waals surface area contributed by atoms with Crippen LogP contribution in [0, 0.1) is 6.92 Å². The van der Waals surface area contributed by atoms with Crippen LogP contribution in [0.15, 0.2) is 39.6 Å². The van der Waals surface area contributed by atoms with Crippen molar-refractivity contribution >= 4 is 21.8 Å². The van der Waals surface area contributed by atoms with Crippen LogP contribution in [-0.2, 0) is 16.4 Å². The number of amides is 1. The summed E-state index contributed by atoms with van der Waals surface area (Å²) >= 11 is 0. The van der Waals surface area contributed by atoms with Crippen molar-refractivity contribution in [2.75, 3.05) is 11.6 Å². The lowest BCUT2D eigenvalue weighted by atomic mass is 10.2. The Bertz CT molecular complexity index is 1070. The molecule has 3 rings (SSSR count). The summed E-state index contributed by atoms with van der Waals surface area (Å²) in [5.74, 6) is -0.321. The Morgan fingerprint density at radius 3 is 2.73 bits per heavy atom. The van der Waals surface area contributed by atoms with Gasteiger partial charge in [-0.1, -0.05) is 11.2 Å². The monoisotopic (exact) mass is 375 g/mol. The average Bonchev–Trinajstić information content (AvgIpc) is 3.20. The fraction of sp³-hybridized carbons (Fsp3) is 0.250. The number of aromatic nitrogens is 4. The van der Waals surface area contributed by atoms with Gasteiger partial charge < -0.3 is 4.42 Å². The highest BCUT2D eigenvalue weighted by atomic mass is 32.2.